The van der Waals surface area contributed by atoms with Crippen molar-refractivity contribution in [2.75, 3.05) is 5.73 Å². The third kappa shape index (κ3) is 3.36. The van der Waals surface area contributed by atoms with Gasteiger partial charge < -0.3 is 10.5 Å². The van der Waals surface area contributed by atoms with Gasteiger partial charge in [-0.05, 0) is 46.3 Å². The van der Waals surface area contributed by atoms with Gasteiger partial charge in [0.1, 0.15) is 24.1 Å². The van der Waals surface area contributed by atoms with Crippen molar-refractivity contribution in [1.29, 1.82) is 0 Å². The summed E-state index contributed by atoms with van der Waals surface area (Å²) in [4.78, 5) is 11.7. The van der Waals surface area contributed by atoms with Gasteiger partial charge in [0.25, 0.3) is 0 Å². The lowest BCUT2D eigenvalue weighted by Gasteiger charge is -2.08. The minimum atomic E-state index is -0.910. The largest absolute Gasteiger partial charge is 0.457 e. The minimum absolute atomic E-state index is 0.0495. The maximum atomic E-state index is 13.7. The van der Waals surface area contributed by atoms with E-state index in [9.17, 15) is 18.0 Å². The van der Waals surface area contributed by atoms with Gasteiger partial charge in [0.05, 0.1) is 21.3 Å². The first-order chi connectivity index (χ1) is 9.90. The van der Waals surface area contributed by atoms with Crippen LogP contribution in [-0.4, -0.2) is 5.97 Å². The predicted molar refractivity (Wildman–Crippen MR) is 74.0 cm³/mol. The number of nitrogen functional groups attached to an aromatic ring is 1. The van der Waals surface area contributed by atoms with Gasteiger partial charge in [0, 0.05) is 0 Å². The van der Waals surface area contributed by atoms with Crippen LogP contribution in [0.25, 0.3) is 0 Å². The third-order valence-electron chi connectivity index (χ3n) is 2.72. The summed E-state index contributed by atoms with van der Waals surface area (Å²) in [6, 6.07) is 5.59. The summed E-state index contributed by atoms with van der Waals surface area (Å²) < 4.78 is 45.2. The number of carbonyl (C=O) groups is 1. The molecule has 0 radical (unpaired) electrons. The van der Waals surface area contributed by atoms with E-state index < -0.39 is 35.6 Å². The lowest BCUT2D eigenvalue weighted by atomic mass is 10.2. The Hall–Kier alpha value is -2.02. The number of anilines is 1. The fourth-order valence-electron chi connectivity index (χ4n) is 1.58. The zero-order valence-electron chi connectivity index (χ0n) is 10.5. The van der Waals surface area contributed by atoms with E-state index in [2.05, 4.69) is 15.9 Å². The van der Waals surface area contributed by atoms with E-state index in [0.29, 0.717) is 0 Å². The standard InChI is InChI=1S/C14H9BrF3NO2/c15-9-2-3-10(16)8(13(9)18)6-21-14(20)7-1-4-12(19)11(17)5-7/h1-5H,6,19H2. The van der Waals surface area contributed by atoms with E-state index in [-0.39, 0.29) is 15.7 Å². The summed E-state index contributed by atoms with van der Waals surface area (Å²) in [5.41, 5.74) is 4.67. The summed E-state index contributed by atoms with van der Waals surface area (Å²) >= 11 is 2.90. The van der Waals surface area contributed by atoms with Crippen molar-refractivity contribution in [3.63, 3.8) is 0 Å². The van der Waals surface area contributed by atoms with E-state index >= 15 is 0 Å². The molecule has 0 fully saturated rings. The number of hydrogen-bond acceptors (Lipinski definition) is 3. The monoisotopic (exact) mass is 359 g/mol. The average Bonchev–Trinajstić information content (AvgIpc) is 2.45. The van der Waals surface area contributed by atoms with Crippen molar-refractivity contribution in [2.45, 2.75) is 6.61 Å². The molecular weight excluding hydrogens is 351 g/mol. The van der Waals surface area contributed by atoms with Crippen LogP contribution in [0.3, 0.4) is 0 Å². The number of carbonyl (C=O) groups excluding carboxylic acids is 1. The normalized spacial score (nSPS) is 10.5. The number of halogens is 4. The number of hydrogen-bond donors (Lipinski definition) is 1. The van der Waals surface area contributed by atoms with Crippen molar-refractivity contribution in [3.05, 3.63) is 63.4 Å². The molecular formula is C14H9BrF3NO2. The van der Waals surface area contributed by atoms with Crippen LogP contribution in [0.2, 0.25) is 0 Å². The highest BCUT2D eigenvalue weighted by Gasteiger charge is 2.16. The van der Waals surface area contributed by atoms with Crippen molar-refractivity contribution in [1.82, 2.24) is 0 Å². The molecule has 0 aliphatic rings. The first kappa shape index (κ1) is 15.4. The molecule has 0 aromatic heterocycles. The third-order valence-corrected chi connectivity index (χ3v) is 3.34. The zero-order chi connectivity index (χ0) is 15.6. The van der Waals surface area contributed by atoms with E-state index in [0.717, 1.165) is 12.1 Å². The van der Waals surface area contributed by atoms with Crippen LogP contribution >= 0.6 is 15.9 Å². The van der Waals surface area contributed by atoms with Crippen LogP contribution in [0, 0.1) is 17.5 Å². The van der Waals surface area contributed by atoms with Gasteiger partial charge in [-0.2, -0.15) is 0 Å². The van der Waals surface area contributed by atoms with Gasteiger partial charge in [0.2, 0.25) is 0 Å². The maximum Gasteiger partial charge on any atom is 0.338 e. The smallest absolute Gasteiger partial charge is 0.338 e. The second kappa shape index (κ2) is 6.17. The number of esters is 1. The van der Waals surface area contributed by atoms with Gasteiger partial charge >= 0.3 is 5.97 Å². The lowest BCUT2D eigenvalue weighted by molar-refractivity contribution is 0.0464. The Balaban J connectivity index is 2.15. The number of rotatable bonds is 3. The molecule has 0 saturated carbocycles. The highest BCUT2D eigenvalue weighted by molar-refractivity contribution is 9.10. The Labute approximate surface area is 126 Å². The van der Waals surface area contributed by atoms with E-state index in [1.807, 2.05) is 0 Å². The zero-order valence-corrected chi connectivity index (χ0v) is 12.1. The van der Waals surface area contributed by atoms with Crippen LogP contribution in [0.5, 0.6) is 0 Å². The van der Waals surface area contributed by atoms with E-state index in [1.54, 1.807) is 0 Å². The Kier molecular flexibility index (Phi) is 4.52. The van der Waals surface area contributed by atoms with Crippen LogP contribution in [-0.2, 0) is 11.3 Å². The number of nitrogens with two attached hydrogens (primary N) is 1. The quantitative estimate of drug-likeness (QED) is 0.515. The second-order valence-corrected chi connectivity index (χ2v) is 4.99. The van der Waals surface area contributed by atoms with Gasteiger partial charge in [-0.3, -0.25) is 0 Å². The average molecular weight is 360 g/mol. The SMILES string of the molecule is Nc1ccc(C(=O)OCc2c(F)ccc(Br)c2F)cc1F. The molecule has 3 nitrogen and oxygen atoms in total. The Bertz CT molecular complexity index is 707. The van der Waals surface area contributed by atoms with Gasteiger partial charge in [0.15, 0.2) is 0 Å². The minimum Gasteiger partial charge on any atom is -0.457 e. The molecule has 0 aliphatic carbocycles. The van der Waals surface area contributed by atoms with Crippen molar-refractivity contribution >= 4 is 27.6 Å². The fraction of sp³-hybridized carbons (Fsp3) is 0.0714. The molecule has 0 spiro atoms. The molecule has 2 N–H and O–H groups in total. The molecule has 0 saturated heterocycles. The molecule has 0 heterocycles. The van der Waals surface area contributed by atoms with E-state index in [1.165, 1.54) is 18.2 Å². The number of benzene rings is 2. The van der Waals surface area contributed by atoms with E-state index in [4.69, 9.17) is 10.5 Å². The van der Waals surface area contributed by atoms with Crippen LogP contribution < -0.4 is 5.73 Å². The molecule has 7 heteroatoms. The Morgan fingerprint density at radius 2 is 1.86 bits per heavy atom. The number of ether oxygens (including phenoxy) is 1. The molecule has 2 aromatic carbocycles. The molecule has 21 heavy (non-hydrogen) atoms. The molecule has 0 bridgehead atoms. The highest BCUT2D eigenvalue weighted by Crippen LogP contribution is 2.22. The predicted octanol–water partition coefficient (Wildman–Crippen LogP) is 3.81. The summed E-state index contributed by atoms with van der Waals surface area (Å²) in [5, 5.41) is 0. The second-order valence-electron chi connectivity index (χ2n) is 4.13. The first-order valence-electron chi connectivity index (χ1n) is 5.74. The van der Waals surface area contributed by atoms with Gasteiger partial charge in [-0.1, -0.05) is 0 Å². The fourth-order valence-corrected chi connectivity index (χ4v) is 1.95. The molecule has 110 valence electrons. The molecule has 0 atom stereocenters. The van der Waals surface area contributed by atoms with Crippen LogP contribution in [0.4, 0.5) is 18.9 Å². The van der Waals surface area contributed by atoms with Gasteiger partial charge in [-0.15, -0.1) is 0 Å². The molecule has 0 aliphatic heterocycles. The van der Waals surface area contributed by atoms with Crippen molar-refractivity contribution in [2.24, 2.45) is 0 Å². The molecule has 0 unspecified atom stereocenters. The van der Waals surface area contributed by atoms with Crippen molar-refractivity contribution < 1.29 is 22.7 Å². The lowest BCUT2D eigenvalue weighted by Crippen LogP contribution is -2.08. The molecule has 2 aromatic rings. The summed E-state index contributed by atoms with van der Waals surface area (Å²) in [6.45, 7) is -0.609. The summed E-state index contributed by atoms with van der Waals surface area (Å²) in [7, 11) is 0. The Morgan fingerprint density at radius 3 is 2.52 bits per heavy atom. The summed E-state index contributed by atoms with van der Waals surface area (Å²) in [6.07, 6.45) is 0. The van der Waals surface area contributed by atoms with Crippen molar-refractivity contribution in [3.8, 4) is 0 Å². The van der Waals surface area contributed by atoms with Crippen LogP contribution in [0.1, 0.15) is 15.9 Å². The summed E-state index contributed by atoms with van der Waals surface area (Å²) in [5.74, 6) is -3.38. The van der Waals surface area contributed by atoms with Gasteiger partial charge in [-0.25, -0.2) is 18.0 Å². The van der Waals surface area contributed by atoms with Crippen LogP contribution in [0.15, 0.2) is 34.8 Å². The highest BCUT2D eigenvalue weighted by atomic mass is 79.9. The topological polar surface area (TPSA) is 52.3 Å². The molecule has 0 amide bonds. The maximum absolute atomic E-state index is 13.7. The molecule has 2 rings (SSSR count). The Morgan fingerprint density at radius 1 is 1.14 bits per heavy atom. The first-order valence-corrected chi connectivity index (χ1v) is 6.54.